The van der Waals surface area contributed by atoms with Gasteiger partial charge in [-0.3, -0.25) is 19.2 Å². The summed E-state index contributed by atoms with van der Waals surface area (Å²) in [4.78, 5) is 54.2. The molecule has 0 bridgehead atoms. The average molecular weight is 679 g/mol. The summed E-state index contributed by atoms with van der Waals surface area (Å²) in [6.45, 7) is 1.58. The van der Waals surface area contributed by atoms with Crippen molar-refractivity contribution in [3.05, 3.63) is 87.6 Å². The molecule has 0 radical (unpaired) electrons. The lowest BCUT2D eigenvalue weighted by atomic mass is 9.69. The van der Waals surface area contributed by atoms with Crippen LogP contribution in [0.3, 0.4) is 0 Å². The second kappa shape index (κ2) is 13.5. The fourth-order valence-electron chi connectivity index (χ4n) is 6.35. The van der Waals surface area contributed by atoms with Gasteiger partial charge in [-0.2, -0.15) is 0 Å². The molecule has 1 aliphatic heterocycles. The minimum absolute atomic E-state index is 0.0349. The fourth-order valence-corrected chi connectivity index (χ4v) is 6.61. The van der Waals surface area contributed by atoms with E-state index in [2.05, 4.69) is 5.32 Å². The lowest BCUT2D eigenvalue weighted by molar-refractivity contribution is -0.127. The number of benzene rings is 3. The molecular formula is C35H35ClN2O10. The fraction of sp³-hybridized carbons (Fsp3) is 0.314. The van der Waals surface area contributed by atoms with Crippen LogP contribution < -0.4 is 30.0 Å². The lowest BCUT2D eigenvalue weighted by Crippen LogP contribution is -2.53. The molecule has 1 spiro atoms. The second-order valence-electron chi connectivity index (χ2n) is 11.7. The summed E-state index contributed by atoms with van der Waals surface area (Å²) in [6.07, 6.45) is -0.609. The third-order valence-corrected chi connectivity index (χ3v) is 9.17. The molecule has 48 heavy (non-hydrogen) atoms. The van der Waals surface area contributed by atoms with Gasteiger partial charge in [-0.05, 0) is 23.3 Å². The summed E-state index contributed by atoms with van der Waals surface area (Å²) < 4.78 is 22.3. The maximum Gasteiger partial charge on any atom is 0.240 e. The monoisotopic (exact) mass is 678 g/mol. The molecular weight excluding hydrogens is 644 g/mol. The van der Waals surface area contributed by atoms with Gasteiger partial charge < -0.3 is 40.2 Å². The molecule has 1 aliphatic carbocycles. The maximum atomic E-state index is 14.3. The third-order valence-electron chi connectivity index (χ3n) is 8.82. The van der Waals surface area contributed by atoms with Gasteiger partial charge in [0.25, 0.3) is 0 Å². The predicted octanol–water partition coefficient (Wildman–Crippen LogP) is 4.19. The number of rotatable bonds is 11. The van der Waals surface area contributed by atoms with Gasteiger partial charge in [-0.1, -0.05) is 54.9 Å². The minimum atomic E-state index is -2.10. The number of hydrogen-bond donors (Lipinski definition) is 4. The van der Waals surface area contributed by atoms with Crippen LogP contribution in [0.1, 0.15) is 47.2 Å². The van der Waals surface area contributed by atoms with Gasteiger partial charge in [0.2, 0.25) is 23.2 Å². The average Bonchev–Trinajstić information content (AvgIpc) is 3.38. The number of allylic oxidation sites excluding steroid dienone is 1. The first kappa shape index (κ1) is 34.1. The van der Waals surface area contributed by atoms with Crippen molar-refractivity contribution in [1.82, 2.24) is 5.32 Å². The summed E-state index contributed by atoms with van der Waals surface area (Å²) in [5.74, 6) is -5.50. The van der Waals surface area contributed by atoms with Crippen molar-refractivity contribution >= 4 is 35.0 Å². The first-order valence-electron chi connectivity index (χ1n) is 15.0. The van der Waals surface area contributed by atoms with E-state index < -0.39 is 59.0 Å². The van der Waals surface area contributed by atoms with E-state index in [1.165, 1.54) is 45.6 Å². The number of nitrogens with one attached hydrogen (secondary N) is 1. The summed E-state index contributed by atoms with van der Waals surface area (Å²) in [7, 11) is 4.05. The highest BCUT2D eigenvalue weighted by atomic mass is 35.5. The van der Waals surface area contributed by atoms with E-state index in [-0.39, 0.29) is 57.7 Å². The number of hydrogen-bond acceptors (Lipinski definition) is 10. The topological polar surface area (TPSA) is 184 Å². The van der Waals surface area contributed by atoms with Crippen molar-refractivity contribution < 1.29 is 48.3 Å². The zero-order chi connectivity index (χ0) is 34.9. The smallest absolute Gasteiger partial charge is 0.240 e. The standard InChI is InChI=1S/C35H35ClN2O10/c1-17-12-23(40)28(32(42)35(17)33(43)29-25(46-3)16-26(47-4)30(36)31(29)48-35)20(19-10-11-22(39)24(14-19)45-2)15-27(41)38-21(34(37)44)13-18-8-6-5-7-9-18/h5-11,14,16-17,20-21,39,42H,12-13,15H2,1-4H3,(H2,37,44)(H,38,41)/t17-,20?,21+,35+/m1/s1. The highest BCUT2D eigenvalue weighted by molar-refractivity contribution is 6.35. The van der Waals surface area contributed by atoms with E-state index in [0.29, 0.717) is 5.56 Å². The molecule has 0 saturated carbocycles. The summed E-state index contributed by atoms with van der Waals surface area (Å²) >= 11 is 6.57. The Bertz CT molecular complexity index is 1830. The highest BCUT2D eigenvalue weighted by Crippen LogP contribution is 2.56. The van der Waals surface area contributed by atoms with Gasteiger partial charge in [0.1, 0.15) is 28.1 Å². The summed E-state index contributed by atoms with van der Waals surface area (Å²) in [5.41, 5.74) is 4.27. The van der Waals surface area contributed by atoms with Gasteiger partial charge in [-0.25, -0.2) is 0 Å². The minimum Gasteiger partial charge on any atom is -0.507 e. The number of aliphatic hydroxyl groups is 1. The van der Waals surface area contributed by atoms with E-state index in [4.69, 9.17) is 36.3 Å². The van der Waals surface area contributed by atoms with Gasteiger partial charge in [0.05, 0.1) is 21.3 Å². The summed E-state index contributed by atoms with van der Waals surface area (Å²) in [6, 6.07) is 13.5. The molecule has 2 amide bonds. The number of halogens is 1. The van der Waals surface area contributed by atoms with Gasteiger partial charge in [-0.15, -0.1) is 0 Å². The first-order chi connectivity index (χ1) is 22.9. The Labute approximate surface area is 281 Å². The van der Waals surface area contributed by atoms with Crippen molar-refractivity contribution in [3.8, 4) is 28.7 Å². The molecule has 3 aromatic rings. The van der Waals surface area contributed by atoms with Crippen LogP contribution in [0.2, 0.25) is 5.02 Å². The third kappa shape index (κ3) is 5.87. The van der Waals surface area contributed by atoms with E-state index >= 15 is 0 Å². The number of carbonyl (C=O) groups excluding carboxylic acids is 4. The van der Waals surface area contributed by atoms with Gasteiger partial charge >= 0.3 is 0 Å². The number of fused-ring (bicyclic) bond motifs is 1. The van der Waals surface area contributed by atoms with Crippen LogP contribution in [-0.4, -0.2) is 66.6 Å². The molecule has 13 heteroatoms. The number of aromatic hydroxyl groups is 1. The number of phenolic OH excluding ortho intramolecular Hbond substituents is 1. The number of nitrogens with two attached hydrogens (primary N) is 1. The van der Waals surface area contributed by atoms with Crippen LogP contribution in [0.4, 0.5) is 0 Å². The Balaban J connectivity index is 1.62. The van der Waals surface area contributed by atoms with Gasteiger partial charge in [0.15, 0.2) is 28.8 Å². The molecule has 2 aliphatic rings. The van der Waals surface area contributed by atoms with Crippen LogP contribution in [0.15, 0.2) is 65.9 Å². The van der Waals surface area contributed by atoms with Crippen LogP contribution >= 0.6 is 11.6 Å². The molecule has 5 N–H and O–H groups in total. The molecule has 12 nitrogen and oxygen atoms in total. The first-order valence-corrected chi connectivity index (χ1v) is 15.4. The van der Waals surface area contributed by atoms with Crippen molar-refractivity contribution in [2.45, 2.75) is 43.7 Å². The van der Waals surface area contributed by atoms with Crippen LogP contribution in [-0.2, 0) is 20.8 Å². The zero-order valence-corrected chi connectivity index (χ0v) is 27.4. The summed E-state index contributed by atoms with van der Waals surface area (Å²) in [5, 5.41) is 25.0. The number of ketones is 2. The number of primary amides is 1. The molecule has 4 atom stereocenters. The van der Waals surface area contributed by atoms with Crippen LogP contribution in [0.5, 0.6) is 28.7 Å². The number of methoxy groups -OCH3 is 3. The lowest BCUT2D eigenvalue weighted by Gasteiger charge is -2.38. The quantitative estimate of drug-likeness (QED) is 0.229. The van der Waals surface area contributed by atoms with E-state index in [9.17, 15) is 29.4 Å². The molecule has 3 aromatic carbocycles. The maximum absolute atomic E-state index is 14.3. The number of ether oxygens (including phenoxy) is 4. The molecule has 0 fully saturated rings. The Morgan fingerprint density at radius 2 is 1.69 bits per heavy atom. The predicted molar refractivity (Wildman–Crippen MR) is 174 cm³/mol. The highest BCUT2D eigenvalue weighted by Gasteiger charge is 2.61. The molecule has 0 saturated heterocycles. The second-order valence-corrected chi connectivity index (χ2v) is 12.0. The number of aliphatic hydroxyl groups excluding tert-OH is 1. The van der Waals surface area contributed by atoms with Gasteiger partial charge in [0, 0.05) is 42.7 Å². The molecule has 1 heterocycles. The SMILES string of the molecule is COc1cc(C(CC(=O)N[C@@H](Cc2ccccc2)C(N)=O)C2=C(O)[C@@]3(Oc4c(Cl)c(OC)cc(OC)c4C3=O)[C@H](C)CC2=O)ccc1O. The number of Topliss-reactive ketones (excluding diaryl/α,β-unsaturated/α-hetero) is 2. The molecule has 252 valence electrons. The van der Waals surface area contributed by atoms with Crippen LogP contribution in [0.25, 0.3) is 0 Å². The van der Waals surface area contributed by atoms with Crippen molar-refractivity contribution in [1.29, 1.82) is 0 Å². The van der Waals surface area contributed by atoms with Crippen molar-refractivity contribution in [3.63, 3.8) is 0 Å². The Morgan fingerprint density at radius 1 is 1.02 bits per heavy atom. The molecule has 1 unspecified atom stereocenters. The number of carbonyl (C=O) groups is 4. The molecule has 5 rings (SSSR count). The number of amides is 2. The Kier molecular flexibility index (Phi) is 9.58. The zero-order valence-electron chi connectivity index (χ0n) is 26.7. The Morgan fingerprint density at radius 3 is 2.31 bits per heavy atom. The van der Waals surface area contributed by atoms with E-state index in [1.54, 1.807) is 31.2 Å². The normalized spacial score (nSPS) is 19.7. The number of phenols is 1. The molecule has 0 aromatic heterocycles. The Hall–Kier alpha value is -5.23. The van der Waals surface area contributed by atoms with E-state index in [1.807, 2.05) is 6.07 Å². The van der Waals surface area contributed by atoms with Crippen molar-refractivity contribution in [2.24, 2.45) is 11.7 Å². The van der Waals surface area contributed by atoms with Crippen molar-refractivity contribution in [2.75, 3.05) is 21.3 Å². The largest absolute Gasteiger partial charge is 0.507 e. The van der Waals surface area contributed by atoms with E-state index in [0.717, 1.165) is 5.56 Å². The van der Waals surface area contributed by atoms with Crippen LogP contribution in [0, 0.1) is 5.92 Å².